The highest BCUT2D eigenvalue weighted by Gasteiger charge is 2.63. The Morgan fingerprint density at radius 3 is 0.786 bits per heavy atom. The van der Waals surface area contributed by atoms with Crippen molar-refractivity contribution < 1.29 is 272 Å². The predicted octanol–water partition coefficient (Wildman–Crippen LogP) is -22.6. The number of carbonyl (C=O) groups is 2. The van der Waals surface area contributed by atoms with E-state index in [2.05, 4.69) is 10.6 Å². The number of hydrogen-bond acceptors (Lipinski definition) is 55. The lowest BCUT2D eigenvalue weighted by Crippen LogP contribution is -2.71. The first-order chi connectivity index (χ1) is 61.9. The van der Waals surface area contributed by atoms with Crippen molar-refractivity contribution in [2.75, 3.05) is 72.7 Å². The summed E-state index contributed by atoms with van der Waals surface area (Å²) < 4.78 is 125. The summed E-state index contributed by atoms with van der Waals surface area (Å²) in [7, 11) is 0. The molecule has 0 aromatic carbocycles. The van der Waals surface area contributed by atoms with Crippen LogP contribution in [0.15, 0.2) is 0 Å². The number of aliphatic hydroxyl groups is 32. The molecule has 0 aliphatic carbocycles. The van der Waals surface area contributed by atoms with E-state index in [1.54, 1.807) is 20.8 Å². The topological polar surface area (TPSA) is 899 Å². The highest BCUT2D eigenvalue weighted by Crippen LogP contribution is 2.43. The van der Waals surface area contributed by atoms with Gasteiger partial charge in [-0.2, -0.15) is 0 Å². The van der Waals surface area contributed by atoms with Crippen LogP contribution in [-0.2, 0) is 109 Å². The third-order valence-corrected chi connectivity index (χ3v) is 24.7. The summed E-state index contributed by atoms with van der Waals surface area (Å²) in [4.78, 5) is 25.9. The lowest BCUT2D eigenvalue weighted by molar-refractivity contribution is -0.408. The molecule has 0 aromatic rings. The van der Waals surface area contributed by atoms with Gasteiger partial charge in [0.05, 0.1) is 84.8 Å². The molecule has 11 saturated heterocycles. The van der Waals surface area contributed by atoms with E-state index in [0.29, 0.717) is 0 Å². The first-order valence-electron chi connectivity index (χ1n) is 42.2. The fourth-order valence-corrected chi connectivity index (χ4v) is 17.2. The zero-order chi connectivity index (χ0) is 96.5. The van der Waals surface area contributed by atoms with Gasteiger partial charge >= 0.3 is 0 Å². The second-order valence-corrected chi connectivity index (χ2v) is 34.7. The van der Waals surface area contributed by atoms with Crippen molar-refractivity contribution >= 4 is 11.8 Å². The maximum absolute atomic E-state index is 13.3. The Labute approximate surface area is 743 Å². The van der Waals surface area contributed by atoms with Gasteiger partial charge in [-0.25, -0.2) is 0 Å². The van der Waals surface area contributed by atoms with Crippen LogP contribution in [-0.4, -0.2) is 585 Å². The van der Waals surface area contributed by atoms with Crippen LogP contribution in [0.3, 0.4) is 0 Å². The van der Waals surface area contributed by atoms with E-state index in [9.17, 15) is 173 Å². The largest absolute Gasteiger partial charge is 0.394 e. The normalized spacial score (nSPS) is 50.9. The quantitative estimate of drug-likeness (QED) is 0.0290. The van der Waals surface area contributed by atoms with Gasteiger partial charge in [0, 0.05) is 13.8 Å². The van der Waals surface area contributed by atoms with Crippen molar-refractivity contribution in [1.29, 1.82) is 0 Å². The summed E-state index contributed by atoms with van der Waals surface area (Å²) in [5.41, 5.74) is -0.872. The Hall–Kier alpha value is -3.18. The van der Waals surface area contributed by atoms with E-state index in [-0.39, 0.29) is 0 Å². The van der Waals surface area contributed by atoms with E-state index in [1.165, 1.54) is 0 Å². The van der Waals surface area contributed by atoms with Gasteiger partial charge in [-0.05, 0) is 5.41 Å². The minimum atomic E-state index is -2.68. The van der Waals surface area contributed by atoms with Crippen LogP contribution in [0.2, 0.25) is 0 Å². The molecule has 11 aliphatic rings. The lowest BCUT2D eigenvalue weighted by Gasteiger charge is -2.52. The fourth-order valence-electron chi connectivity index (χ4n) is 17.2. The Kier molecular flexibility index (Phi) is 38.4. The maximum atomic E-state index is 13.3. The smallest absolute Gasteiger partial charge is 0.217 e. The van der Waals surface area contributed by atoms with E-state index in [4.69, 9.17) is 99.5 Å². The minimum absolute atomic E-state index is 0.662. The summed E-state index contributed by atoms with van der Waals surface area (Å²) in [6, 6.07) is -3.26. The van der Waals surface area contributed by atoms with Crippen LogP contribution in [0.1, 0.15) is 34.6 Å². The summed E-state index contributed by atoms with van der Waals surface area (Å²) >= 11 is 0. The van der Waals surface area contributed by atoms with Crippen LogP contribution in [0.4, 0.5) is 0 Å². The standard InChI is InChI=1S/C74H126N2O55/c1-17(86)75-30-41(97)55(26(13-84)113-63(30)74(3,4)5)124-64-31(76-18(2)87)42(98)56(27(14-85)121-64)125-69-54(110)58(127-72-62(49(105)38(94)24(11-82)119-72)131-73-61(48(104)37(93)25(12-83)120-73)130-68-52(108)45(101)34(90)21(8-79)116-68)40(96)29(123-69)15-111-65-53(109)57(126-71-60(47(103)36(92)23(10-81)118-71)129-67-51(107)44(100)33(89)20(7-78)115-67)39(95)28(122-65)16-112-70-59(46(102)35(91)22(9-80)117-70)128-66-50(106)43(99)32(88)19(6-77)114-66/h19-73,77-85,88-110H,6-16H2,1-5H3,(H,75,86)(H,76,87)/t19?,20-,21-,22?,23-,24-,25-,26?,27?,28?,29?,30?,31?,32+,33+,34+,35+,36+,37+,38+,39+,40+,41+,42+,43-,44?,45?,46-,47?,48?,49?,50?,51?,52?,53?,54?,55+,56+,57-,58-,59?,60?,61?,62?,63?,64-,65-,66+,67+,68+,69-,70-,71+,72+,73+/m0/s1. The molecule has 11 heterocycles. The lowest BCUT2D eigenvalue weighted by atomic mass is 9.78. The first-order valence-corrected chi connectivity index (χ1v) is 42.2. The number of rotatable bonds is 33. The molecule has 2 amide bonds. The average Bonchev–Trinajstić information content (AvgIpc) is 0.729. The van der Waals surface area contributed by atoms with Crippen molar-refractivity contribution in [3.63, 3.8) is 0 Å². The molecule has 762 valence electrons. The third-order valence-electron chi connectivity index (χ3n) is 24.7. The van der Waals surface area contributed by atoms with Gasteiger partial charge in [0.25, 0.3) is 0 Å². The summed E-state index contributed by atoms with van der Waals surface area (Å²) in [5, 5.41) is 364. The van der Waals surface area contributed by atoms with Crippen molar-refractivity contribution in [3.05, 3.63) is 0 Å². The molecule has 11 aliphatic heterocycles. The van der Waals surface area contributed by atoms with Gasteiger partial charge in [-0.15, -0.1) is 0 Å². The molecule has 0 saturated carbocycles. The highest BCUT2D eigenvalue weighted by molar-refractivity contribution is 5.73. The zero-order valence-corrected chi connectivity index (χ0v) is 70.7. The number of carbonyl (C=O) groups excluding carboxylic acids is 2. The van der Waals surface area contributed by atoms with E-state index < -0.39 is 427 Å². The zero-order valence-electron chi connectivity index (χ0n) is 70.7. The molecule has 0 radical (unpaired) electrons. The van der Waals surface area contributed by atoms with Crippen LogP contribution in [0.5, 0.6) is 0 Å². The van der Waals surface area contributed by atoms with Crippen LogP contribution in [0, 0.1) is 5.41 Å². The molecule has 0 spiro atoms. The molecule has 0 aromatic heterocycles. The van der Waals surface area contributed by atoms with Crippen LogP contribution >= 0.6 is 0 Å². The second-order valence-electron chi connectivity index (χ2n) is 34.7. The highest BCUT2D eigenvalue weighted by atomic mass is 16.8. The van der Waals surface area contributed by atoms with E-state index in [1.807, 2.05) is 0 Å². The van der Waals surface area contributed by atoms with Crippen molar-refractivity contribution in [2.45, 2.75) is 372 Å². The number of hydrogen-bond donors (Lipinski definition) is 34. The molecule has 55 atom stereocenters. The first kappa shape index (κ1) is 108. The number of nitrogens with one attached hydrogen (secondary N) is 2. The molecule has 11 fully saturated rings. The third kappa shape index (κ3) is 23.4. The molecule has 23 unspecified atom stereocenters. The van der Waals surface area contributed by atoms with Crippen molar-refractivity contribution in [1.82, 2.24) is 10.6 Å². The fraction of sp³-hybridized carbons (Fsp3) is 0.973. The van der Waals surface area contributed by atoms with Gasteiger partial charge < -0.3 is 274 Å². The molecule has 0 bridgehead atoms. The average molecular weight is 1920 g/mol. The summed E-state index contributed by atoms with van der Waals surface area (Å²) in [6.45, 7) is -5.42. The minimum Gasteiger partial charge on any atom is -0.394 e. The van der Waals surface area contributed by atoms with Crippen molar-refractivity contribution in [2.24, 2.45) is 5.41 Å². The molecule has 34 N–H and O–H groups in total. The van der Waals surface area contributed by atoms with Crippen LogP contribution < -0.4 is 10.6 Å². The van der Waals surface area contributed by atoms with Gasteiger partial charge in [-0.1, -0.05) is 20.8 Å². The molecule has 11 rings (SSSR count). The Bertz CT molecular complexity index is 3490. The molecular formula is C74H126N2O55. The van der Waals surface area contributed by atoms with E-state index in [0.717, 1.165) is 13.8 Å². The number of ether oxygens (including phenoxy) is 21. The predicted molar refractivity (Wildman–Crippen MR) is 403 cm³/mol. The van der Waals surface area contributed by atoms with Gasteiger partial charge in [0.2, 0.25) is 11.8 Å². The molecule has 131 heavy (non-hydrogen) atoms. The number of amides is 2. The monoisotopic (exact) mass is 1920 g/mol. The summed E-state index contributed by atoms with van der Waals surface area (Å²) in [5.74, 6) is -1.62. The van der Waals surface area contributed by atoms with Crippen LogP contribution in [0.25, 0.3) is 0 Å². The Balaban J connectivity index is 0.966. The molecule has 57 nitrogen and oxygen atoms in total. The van der Waals surface area contributed by atoms with Gasteiger partial charge in [0.15, 0.2) is 62.9 Å². The molecule has 57 heteroatoms. The molecular weight excluding hydrogens is 1800 g/mol. The number of aliphatic hydroxyl groups excluding tert-OH is 32. The van der Waals surface area contributed by atoms with E-state index >= 15 is 0 Å². The van der Waals surface area contributed by atoms with Gasteiger partial charge in [-0.3, -0.25) is 9.59 Å². The van der Waals surface area contributed by atoms with Gasteiger partial charge in [0.1, 0.15) is 262 Å². The Morgan fingerprint density at radius 2 is 0.450 bits per heavy atom. The SMILES string of the molecule is CC(=O)NC1C(C(C)(C)C)OC(CO)[C@@H](O[C@@H]2OC(CO)[C@@H](O[C@@H]3OC(CO[C@H]4OC(CO[C@H]5OC(CO)[C@@H](O)[C@H](O)C5O[C@H]5OC(CO)[C@@H](O)[C@H](O)C5O)[C@@H](O)[C@H](O[C@H]5O[C@@H](CO)[C@@H](O)C(O)C5O[C@H]5O[C@@H](CO)[C@@H](O)C(O)C5O)C4O)[C@@H](O)[C@H](O[C@H]4O[C@@H](CO)[C@@H](O)C(O)C4O[C@H]4O[C@@H](CO)[C@@H](O)C(O)C4O[C@H]4O[C@@H](CO)[C@@H](O)C(O)C4O)C3O)[C@H](O)C2NC(C)=O)[C@@H]1O. The maximum Gasteiger partial charge on any atom is 0.217 e. The summed E-state index contributed by atoms with van der Waals surface area (Å²) in [6.07, 6.45) is -115. The van der Waals surface area contributed by atoms with Crippen molar-refractivity contribution in [3.8, 4) is 0 Å². The Morgan fingerprint density at radius 1 is 0.221 bits per heavy atom. The second kappa shape index (κ2) is 46.5.